The first-order valence-electron chi connectivity index (χ1n) is 7.64. The van der Waals surface area contributed by atoms with Crippen LogP contribution >= 0.6 is 11.3 Å². The predicted octanol–water partition coefficient (Wildman–Crippen LogP) is 1.71. The first-order chi connectivity index (χ1) is 10.0. The van der Waals surface area contributed by atoms with Gasteiger partial charge in [-0.05, 0) is 27.2 Å². The normalized spacial score (nSPS) is 29.0. The second-order valence-electron chi connectivity index (χ2n) is 6.25. The van der Waals surface area contributed by atoms with Gasteiger partial charge in [0.25, 0.3) is 0 Å². The Morgan fingerprint density at radius 1 is 1.62 bits per heavy atom. The Kier molecular flexibility index (Phi) is 4.28. The summed E-state index contributed by atoms with van der Waals surface area (Å²) in [5.41, 5.74) is 1.13. The number of nitrogens with one attached hydrogen (secondary N) is 1. The molecule has 2 fully saturated rings. The first-order valence-corrected chi connectivity index (χ1v) is 8.52. The maximum Gasteiger partial charge on any atom is 0.249 e. The summed E-state index contributed by atoms with van der Waals surface area (Å²) in [7, 11) is 0. The van der Waals surface area contributed by atoms with E-state index in [1.54, 1.807) is 11.3 Å². The van der Waals surface area contributed by atoms with Crippen LogP contribution in [-0.2, 0) is 16.1 Å². The lowest BCUT2D eigenvalue weighted by Gasteiger charge is -2.21. The molecule has 2 saturated heterocycles. The van der Waals surface area contributed by atoms with Gasteiger partial charge in [0, 0.05) is 37.0 Å². The molecule has 3 atom stereocenters. The van der Waals surface area contributed by atoms with E-state index in [1.807, 2.05) is 20.8 Å². The van der Waals surface area contributed by atoms with Crippen molar-refractivity contribution >= 4 is 17.2 Å². The van der Waals surface area contributed by atoms with Gasteiger partial charge in [-0.15, -0.1) is 11.3 Å². The molecule has 1 N–H and O–H groups in total. The van der Waals surface area contributed by atoms with E-state index in [-0.39, 0.29) is 24.2 Å². The molecule has 1 amide bonds. The highest BCUT2D eigenvalue weighted by Gasteiger charge is 2.45. The molecule has 116 valence electrons. The van der Waals surface area contributed by atoms with Crippen LogP contribution in [0.25, 0.3) is 0 Å². The quantitative estimate of drug-likeness (QED) is 0.920. The van der Waals surface area contributed by atoms with Crippen LogP contribution in [0.4, 0.5) is 0 Å². The largest absolute Gasteiger partial charge is 0.363 e. The number of carbonyl (C=O) groups excluding carboxylic acids is 1. The number of amides is 1. The highest BCUT2D eigenvalue weighted by molar-refractivity contribution is 7.09. The Morgan fingerprint density at radius 2 is 2.43 bits per heavy atom. The van der Waals surface area contributed by atoms with Crippen LogP contribution in [-0.4, -0.2) is 46.6 Å². The summed E-state index contributed by atoms with van der Waals surface area (Å²) in [4.78, 5) is 19.0. The van der Waals surface area contributed by atoms with Crippen LogP contribution in [0, 0.1) is 6.92 Å². The van der Waals surface area contributed by atoms with Crippen molar-refractivity contribution < 1.29 is 9.53 Å². The number of aryl methyl sites for hydroxylation is 1. The molecule has 0 saturated carbocycles. The number of nitrogens with zero attached hydrogens (tertiary/aromatic N) is 2. The molecular weight excluding hydrogens is 286 g/mol. The fraction of sp³-hybridized carbons (Fsp3) is 0.733. The fourth-order valence-electron chi connectivity index (χ4n) is 3.26. The molecule has 0 aromatic carbocycles. The summed E-state index contributed by atoms with van der Waals surface area (Å²) in [6, 6.07) is 0.519. The molecule has 3 rings (SSSR count). The SMILES string of the molecule is Cc1nc(CN2CC[C@@H]3O[C@@H](C(=O)NC(C)C)C[C@@H]32)cs1. The van der Waals surface area contributed by atoms with Gasteiger partial charge in [0.1, 0.15) is 6.10 Å². The average Bonchev–Trinajstić information content (AvgIpc) is 3.06. The molecule has 0 spiro atoms. The van der Waals surface area contributed by atoms with Crippen LogP contribution in [0.3, 0.4) is 0 Å². The summed E-state index contributed by atoms with van der Waals surface area (Å²) >= 11 is 1.69. The van der Waals surface area contributed by atoms with Crippen molar-refractivity contribution in [3.05, 3.63) is 16.1 Å². The summed E-state index contributed by atoms with van der Waals surface area (Å²) < 4.78 is 5.95. The molecule has 3 heterocycles. The number of hydrogen-bond donors (Lipinski definition) is 1. The fourth-order valence-corrected chi connectivity index (χ4v) is 3.87. The second-order valence-corrected chi connectivity index (χ2v) is 7.31. The van der Waals surface area contributed by atoms with Gasteiger partial charge in [0.05, 0.1) is 16.8 Å². The minimum Gasteiger partial charge on any atom is -0.363 e. The van der Waals surface area contributed by atoms with Gasteiger partial charge in [-0.3, -0.25) is 9.69 Å². The minimum absolute atomic E-state index is 0.0313. The van der Waals surface area contributed by atoms with Crippen molar-refractivity contribution in [2.75, 3.05) is 6.54 Å². The number of rotatable bonds is 4. The maximum atomic E-state index is 12.1. The van der Waals surface area contributed by atoms with Crippen molar-refractivity contribution in [2.24, 2.45) is 0 Å². The lowest BCUT2D eigenvalue weighted by atomic mass is 10.1. The molecule has 0 bridgehead atoms. The smallest absolute Gasteiger partial charge is 0.249 e. The van der Waals surface area contributed by atoms with Gasteiger partial charge in [-0.1, -0.05) is 0 Å². The van der Waals surface area contributed by atoms with Crippen molar-refractivity contribution in [1.82, 2.24) is 15.2 Å². The van der Waals surface area contributed by atoms with Crippen LogP contribution in [0.5, 0.6) is 0 Å². The lowest BCUT2D eigenvalue weighted by molar-refractivity contribution is -0.132. The van der Waals surface area contributed by atoms with Crippen molar-refractivity contribution in [3.63, 3.8) is 0 Å². The first kappa shape index (κ1) is 14.9. The molecule has 0 aliphatic carbocycles. The van der Waals surface area contributed by atoms with E-state index in [9.17, 15) is 4.79 Å². The molecule has 5 nitrogen and oxygen atoms in total. The highest BCUT2D eigenvalue weighted by atomic mass is 32.1. The summed E-state index contributed by atoms with van der Waals surface area (Å²) in [6.07, 6.45) is 1.72. The molecule has 21 heavy (non-hydrogen) atoms. The number of aromatic nitrogens is 1. The third kappa shape index (κ3) is 3.27. The summed E-state index contributed by atoms with van der Waals surface area (Å²) in [5.74, 6) is 0.0313. The molecule has 0 radical (unpaired) electrons. The van der Waals surface area contributed by atoms with Gasteiger partial charge in [0.2, 0.25) is 5.91 Å². The third-order valence-corrected chi connectivity index (χ3v) is 4.97. The third-order valence-electron chi connectivity index (χ3n) is 4.15. The minimum atomic E-state index is -0.289. The number of ether oxygens (including phenoxy) is 1. The van der Waals surface area contributed by atoms with E-state index in [0.29, 0.717) is 6.04 Å². The van der Waals surface area contributed by atoms with E-state index < -0.39 is 0 Å². The standard InChI is InChI=1S/C15H23N3O2S/c1-9(2)16-15(19)14-6-12-13(20-14)4-5-18(12)7-11-8-21-10(3)17-11/h8-9,12-14H,4-7H2,1-3H3,(H,16,19)/t12-,13-,14+/m0/s1. The summed E-state index contributed by atoms with van der Waals surface area (Å²) in [6.45, 7) is 7.89. The van der Waals surface area contributed by atoms with Crippen LogP contribution in [0.15, 0.2) is 5.38 Å². The number of hydrogen-bond acceptors (Lipinski definition) is 5. The zero-order chi connectivity index (χ0) is 15.0. The molecule has 0 unspecified atom stereocenters. The van der Waals surface area contributed by atoms with Crippen LogP contribution in [0.1, 0.15) is 37.4 Å². The average molecular weight is 309 g/mol. The second kappa shape index (κ2) is 6.02. The zero-order valence-corrected chi connectivity index (χ0v) is 13.7. The maximum absolute atomic E-state index is 12.1. The molecular formula is C15H23N3O2S. The van der Waals surface area contributed by atoms with Gasteiger partial charge >= 0.3 is 0 Å². The van der Waals surface area contributed by atoms with Gasteiger partial charge < -0.3 is 10.1 Å². The lowest BCUT2D eigenvalue weighted by Crippen LogP contribution is -2.39. The highest BCUT2D eigenvalue weighted by Crippen LogP contribution is 2.34. The number of carbonyl (C=O) groups is 1. The van der Waals surface area contributed by atoms with E-state index in [4.69, 9.17) is 4.74 Å². The van der Waals surface area contributed by atoms with Gasteiger partial charge in [0.15, 0.2) is 0 Å². The van der Waals surface area contributed by atoms with Crippen LogP contribution < -0.4 is 5.32 Å². The molecule has 1 aromatic rings. The summed E-state index contributed by atoms with van der Waals surface area (Å²) in [5, 5.41) is 6.18. The molecule has 6 heteroatoms. The Bertz CT molecular complexity index is 517. The Morgan fingerprint density at radius 3 is 3.10 bits per heavy atom. The van der Waals surface area contributed by atoms with E-state index in [1.165, 1.54) is 0 Å². The number of likely N-dealkylation sites (tertiary alicyclic amines) is 1. The van der Waals surface area contributed by atoms with Crippen LogP contribution in [0.2, 0.25) is 0 Å². The number of thiazole rings is 1. The number of fused-ring (bicyclic) bond motifs is 1. The molecule has 1 aromatic heterocycles. The topological polar surface area (TPSA) is 54.5 Å². The van der Waals surface area contributed by atoms with E-state index >= 15 is 0 Å². The van der Waals surface area contributed by atoms with Crippen molar-refractivity contribution in [2.45, 2.75) is 64.4 Å². The van der Waals surface area contributed by atoms with E-state index in [0.717, 1.165) is 36.6 Å². The molecule has 2 aliphatic rings. The van der Waals surface area contributed by atoms with Crippen molar-refractivity contribution in [3.8, 4) is 0 Å². The van der Waals surface area contributed by atoms with E-state index in [2.05, 4.69) is 20.6 Å². The van der Waals surface area contributed by atoms with Crippen molar-refractivity contribution in [1.29, 1.82) is 0 Å². The zero-order valence-electron chi connectivity index (χ0n) is 12.8. The Hall–Kier alpha value is -0.980. The van der Waals surface area contributed by atoms with Gasteiger partial charge in [-0.25, -0.2) is 4.98 Å². The predicted molar refractivity (Wildman–Crippen MR) is 82.2 cm³/mol. The Labute approximate surface area is 129 Å². The Balaban J connectivity index is 1.60. The molecule has 2 aliphatic heterocycles. The monoisotopic (exact) mass is 309 g/mol. The van der Waals surface area contributed by atoms with Gasteiger partial charge in [-0.2, -0.15) is 0 Å².